The molecule has 4 rings (SSSR count). The molecule has 104 valence electrons. The Morgan fingerprint density at radius 3 is 2.90 bits per heavy atom. The molecule has 0 radical (unpaired) electrons. The molecule has 1 aliphatic carbocycles. The molecule has 2 aliphatic rings. The number of nitrogens with zero attached hydrogens (tertiary/aromatic N) is 3. The third kappa shape index (κ3) is 1.86. The van der Waals surface area contributed by atoms with Gasteiger partial charge in [0.1, 0.15) is 5.75 Å². The smallest absolute Gasteiger partial charge is 0.210 e. The van der Waals surface area contributed by atoms with Gasteiger partial charge in [0.15, 0.2) is 5.82 Å². The molecule has 2 aromatic rings. The van der Waals surface area contributed by atoms with Crippen LogP contribution in [0.4, 0.5) is 0 Å². The molecule has 1 aliphatic heterocycles. The topological polar surface area (TPSA) is 52.0 Å². The van der Waals surface area contributed by atoms with Crippen molar-refractivity contribution < 1.29 is 4.74 Å². The Hall–Kier alpha value is -1.69. The number of ether oxygens (including phenoxy) is 1. The van der Waals surface area contributed by atoms with Crippen LogP contribution in [0.2, 0.25) is 0 Å². The Morgan fingerprint density at radius 1 is 1.25 bits per heavy atom. The summed E-state index contributed by atoms with van der Waals surface area (Å²) in [5.41, 5.74) is 4.62. The van der Waals surface area contributed by atoms with Crippen LogP contribution in [0.25, 0.3) is 11.4 Å². The molecule has 0 saturated heterocycles. The molecule has 1 fully saturated rings. The fourth-order valence-electron chi connectivity index (χ4n) is 2.91. The molecule has 1 saturated carbocycles. The minimum Gasteiger partial charge on any atom is -0.497 e. The lowest BCUT2D eigenvalue weighted by Gasteiger charge is -2.28. The van der Waals surface area contributed by atoms with Crippen molar-refractivity contribution in [3.8, 4) is 17.1 Å². The molecule has 2 unspecified atom stereocenters. The highest BCUT2D eigenvalue weighted by atomic mass is 32.2. The molecule has 1 N–H and O–H groups in total. The minimum absolute atomic E-state index is 0.542. The third-order valence-corrected chi connectivity index (χ3v) is 5.33. The van der Waals surface area contributed by atoms with Crippen LogP contribution < -0.4 is 10.2 Å². The van der Waals surface area contributed by atoms with Crippen LogP contribution in [0.15, 0.2) is 29.4 Å². The van der Waals surface area contributed by atoms with Gasteiger partial charge in [-0.3, -0.25) is 0 Å². The van der Waals surface area contributed by atoms with Gasteiger partial charge in [0.25, 0.3) is 0 Å². The zero-order valence-corrected chi connectivity index (χ0v) is 12.1. The van der Waals surface area contributed by atoms with E-state index in [1.165, 1.54) is 19.3 Å². The SMILES string of the molecule is COc1ccc(-c2nnc3n2NC2CCCC2S3)cc1. The van der Waals surface area contributed by atoms with E-state index in [2.05, 4.69) is 15.6 Å². The normalized spacial score (nSPS) is 23.9. The Morgan fingerprint density at radius 2 is 2.10 bits per heavy atom. The van der Waals surface area contributed by atoms with Gasteiger partial charge in [-0.15, -0.1) is 10.2 Å². The molecule has 0 amide bonds. The molecule has 0 bridgehead atoms. The van der Waals surface area contributed by atoms with Crippen LogP contribution in [-0.4, -0.2) is 33.3 Å². The van der Waals surface area contributed by atoms with Crippen LogP contribution in [0.1, 0.15) is 19.3 Å². The molecular formula is C14H16N4OS. The maximum atomic E-state index is 5.19. The summed E-state index contributed by atoms with van der Waals surface area (Å²) in [6, 6.07) is 8.48. The zero-order valence-electron chi connectivity index (χ0n) is 11.2. The van der Waals surface area contributed by atoms with E-state index in [9.17, 15) is 0 Å². The Bertz CT molecular complexity index is 625. The van der Waals surface area contributed by atoms with Crippen molar-refractivity contribution in [2.75, 3.05) is 12.5 Å². The summed E-state index contributed by atoms with van der Waals surface area (Å²) in [4.78, 5) is 0. The van der Waals surface area contributed by atoms with Gasteiger partial charge in [0.2, 0.25) is 5.16 Å². The summed E-state index contributed by atoms with van der Waals surface area (Å²) >= 11 is 1.85. The van der Waals surface area contributed by atoms with Crippen LogP contribution in [0.5, 0.6) is 5.75 Å². The van der Waals surface area contributed by atoms with Gasteiger partial charge in [0, 0.05) is 10.8 Å². The van der Waals surface area contributed by atoms with E-state index in [1.807, 2.05) is 40.7 Å². The number of hydrogen-bond acceptors (Lipinski definition) is 5. The monoisotopic (exact) mass is 288 g/mol. The van der Waals surface area contributed by atoms with Gasteiger partial charge >= 0.3 is 0 Å². The molecule has 0 spiro atoms. The molecular weight excluding hydrogens is 272 g/mol. The first-order valence-corrected chi connectivity index (χ1v) is 7.76. The molecule has 5 nitrogen and oxygen atoms in total. The van der Waals surface area contributed by atoms with E-state index in [-0.39, 0.29) is 0 Å². The Balaban J connectivity index is 1.70. The molecule has 2 heterocycles. The summed E-state index contributed by atoms with van der Waals surface area (Å²) in [7, 11) is 1.67. The lowest BCUT2D eigenvalue weighted by Crippen LogP contribution is -2.37. The molecule has 2 atom stereocenters. The number of methoxy groups -OCH3 is 1. The molecule has 1 aromatic carbocycles. The lowest BCUT2D eigenvalue weighted by atomic mass is 10.2. The number of hydrogen-bond donors (Lipinski definition) is 1. The number of fused-ring (bicyclic) bond motifs is 2. The van der Waals surface area contributed by atoms with Gasteiger partial charge in [-0.05, 0) is 37.1 Å². The van der Waals surface area contributed by atoms with E-state index in [0.29, 0.717) is 11.3 Å². The van der Waals surface area contributed by atoms with Gasteiger partial charge in [-0.25, -0.2) is 4.68 Å². The number of thioether (sulfide) groups is 1. The summed E-state index contributed by atoms with van der Waals surface area (Å²) in [5.74, 6) is 1.73. The van der Waals surface area contributed by atoms with Gasteiger partial charge in [-0.2, -0.15) is 0 Å². The fraction of sp³-hybridized carbons (Fsp3) is 0.429. The molecule has 1 aromatic heterocycles. The van der Waals surface area contributed by atoms with E-state index in [4.69, 9.17) is 4.74 Å². The second-order valence-electron chi connectivity index (χ2n) is 5.19. The quantitative estimate of drug-likeness (QED) is 0.920. The first-order valence-electron chi connectivity index (χ1n) is 6.88. The number of nitrogens with one attached hydrogen (secondary N) is 1. The average Bonchev–Trinajstić information content (AvgIpc) is 3.10. The van der Waals surface area contributed by atoms with Crippen LogP contribution in [0.3, 0.4) is 0 Å². The summed E-state index contributed by atoms with van der Waals surface area (Å²) < 4.78 is 7.23. The molecule has 20 heavy (non-hydrogen) atoms. The van der Waals surface area contributed by atoms with Gasteiger partial charge in [0.05, 0.1) is 13.2 Å². The van der Waals surface area contributed by atoms with Gasteiger partial charge < -0.3 is 10.2 Å². The largest absolute Gasteiger partial charge is 0.497 e. The summed E-state index contributed by atoms with van der Waals surface area (Å²) in [6.07, 6.45) is 3.80. The van der Waals surface area contributed by atoms with E-state index >= 15 is 0 Å². The Labute approximate surface area is 121 Å². The second-order valence-corrected chi connectivity index (χ2v) is 6.40. The first-order chi connectivity index (χ1) is 9.85. The van der Waals surface area contributed by atoms with Crippen molar-refractivity contribution in [3.63, 3.8) is 0 Å². The van der Waals surface area contributed by atoms with E-state index in [0.717, 1.165) is 22.3 Å². The van der Waals surface area contributed by atoms with Crippen molar-refractivity contribution >= 4 is 11.8 Å². The van der Waals surface area contributed by atoms with Crippen molar-refractivity contribution in [3.05, 3.63) is 24.3 Å². The maximum absolute atomic E-state index is 5.19. The Kier molecular flexibility index (Phi) is 2.84. The highest BCUT2D eigenvalue weighted by Crippen LogP contribution is 2.39. The third-order valence-electron chi connectivity index (χ3n) is 3.99. The predicted octanol–water partition coefficient (Wildman–Crippen LogP) is 2.52. The van der Waals surface area contributed by atoms with Crippen LogP contribution in [-0.2, 0) is 0 Å². The van der Waals surface area contributed by atoms with E-state index < -0.39 is 0 Å². The van der Waals surface area contributed by atoms with Crippen molar-refractivity contribution in [2.45, 2.75) is 35.7 Å². The number of rotatable bonds is 2. The summed E-state index contributed by atoms with van der Waals surface area (Å²) in [5, 5.41) is 10.3. The fourth-order valence-corrected chi connectivity index (χ4v) is 4.15. The second kappa shape index (κ2) is 4.70. The highest BCUT2D eigenvalue weighted by Gasteiger charge is 2.35. The van der Waals surface area contributed by atoms with Crippen molar-refractivity contribution in [2.24, 2.45) is 0 Å². The highest BCUT2D eigenvalue weighted by molar-refractivity contribution is 7.99. The standard InChI is InChI=1S/C14H16N4OS/c1-19-10-7-5-9(6-8-10)13-15-16-14-18(13)17-11-3-2-4-12(11)20-14/h5-8,11-12,17H,2-4H2,1H3. The van der Waals surface area contributed by atoms with Crippen LogP contribution >= 0.6 is 11.8 Å². The predicted molar refractivity (Wildman–Crippen MR) is 78.7 cm³/mol. The van der Waals surface area contributed by atoms with Gasteiger partial charge in [-0.1, -0.05) is 18.2 Å². The lowest BCUT2D eigenvalue weighted by molar-refractivity contribution is 0.415. The van der Waals surface area contributed by atoms with E-state index in [1.54, 1.807) is 7.11 Å². The average molecular weight is 288 g/mol. The zero-order chi connectivity index (χ0) is 13.5. The summed E-state index contributed by atoms with van der Waals surface area (Å²) in [6.45, 7) is 0. The van der Waals surface area contributed by atoms with Crippen molar-refractivity contribution in [1.29, 1.82) is 0 Å². The maximum Gasteiger partial charge on any atom is 0.210 e. The minimum atomic E-state index is 0.542. The number of aromatic nitrogens is 3. The van der Waals surface area contributed by atoms with Crippen molar-refractivity contribution in [1.82, 2.24) is 14.9 Å². The first kappa shape index (κ1) is 12.1. The molecule has 6 heteroatoms. The van der Waals surface area contributed by atoms with Crippen LogP contribution in [0, 0.1) is 0 Å². The number of benzene rings is 1.